The zero-order chi connectivity index (χ0) is 11.8. The van der Waals surface area contributed by atoms with Gasteiger partial charge in [-0.25, -0.2) is 0 Å². The Hall–Kier alpha value is -0.910. The quantitative estimate of drug-likeness (QED) is 0.749. The van der Waals surface area contributed by atoms with Gasteiger partial charge in [-0.05, 0) is 29.3 Å². The molecule has 0 spiro atoms. The first kappa shape index (κ1) is 13.2. The molecule has 1 heterocycles. The van der Waals surface area contributed by atoms with Crippen molar-refractivity contribution in [1.29, 1.82) is 0 Å². The van der Waals surface area contributed by atoms with E-state index in [9.17, 15) is 4.79 Å². The highest BCUT2D eigenvalue weighted by Crippen LogP contribution is 2.04. The smallest absolute Gasteiger partial charge is 0.234 e. The van der Waals surface area contributed by atoms with Gasteiger partial charge < -0.3 is 15.4 Å². The lowest BCUT2D eigenvalue weighted by atomic mass is 10.3. The van der Waals surface area contributed by atoms with Gasteiger partial charge in [-0.15, -0.1) is 0 Å². The molecule has 1 atom stereocenters. The van der Waals surface area contributed by atoms with Crippen LogP contribution in [0.2, 0.25) is 0 Å². The molecule has 0 saturated heterocycles. The van der Waals surface area contributed by atoms with Gasteiger partial charge in [0, 0.05) is 19.7 Å². The maximum absolute atomic E-state index is 11.4. The fourth-order valence-electron chi connectivity index (χ4n) is 1.33. The predicted octanol–water partition coefficient (Wildman–Crippen LogP) is 0.989. The van der Waals surface area contributed by atoms with Crippen LogP contribution in [-0.4, -0.2) is 32.2 Å². The van der Waals surface area contributed by atoms with E-state index in [1.165, 1.54) is 5.56 Å². The molecular formula is C11H18N2O2S. The van der Waals surface area contributed by atoms with Gasteiger partial charge >= 0.3 is 0 Å². The Morgan fingerprint density at radius 3 is 3.06 bits per heavy atom. The molecule has 1 unspecified atom stereocenters. The van der Waals surface area contributed by atoms with Gasteiger partial charge in [-0.2, -0.15) is 11.3 Å². The molecule has 0 radical (unpaired) electrons. The van der Waals surface area contributed by atoms with Crippen molar-refractivity contribution in [3.05, 3.63) is 22.4 Å². The summed E-state index contributed by atoms with van der Waals surface area (Å²) in [5.74, 6) is -0.000204. The topological polar surface area (TPSA) is 50.4 Å². The molecule has 1 aromatic rings. The maximum Gasteiger partial charge on any atom is 0.234 e. The highest BCUT2D eigenvalue weighted by molar-refractivity contribution is 7.07. The van der Waals surface area contributed by atoms with Crippen LogP contribution in [0.4, 0.5) is 0 Å². The summed E-state index contributed by atoms with van der Waals surface area (Å²) in [7, 11) is 1.62. The number of rotatable bonds is 7. The van der Waals surface area contributed by atoms with Crippen LogP contribution in [-0.2, 0) is 16.1 Å². The Kier molecular flexibility index (Phi) is 6.07. The van der Waals surface area contributed by atoms with Crippen LogP contribution in [0.1, 0.15) is 12.5 Å². The minimum absolute atomic E-state index is 0.000204. The maximum atomic E-state index is 11.4. The van der Waals surface area contributed by atoms with Crippen molar-refractivity contribution >= 4 is 17.2 Å². The zero-order valence-electron chi connectivity index (χ0n) is 9.66. The molecule has 0 aliphatic heterocycles. The molecular weight excluding hydrogens is 224 g/mol. The minimum Gasteiger partial charge on any atom is -0.383 e. The van der Waals surface area contributed by atoms with E-state index in [1.807, 2.05) is 18.4 Å². The summed E-state index contributed by atoms with van der Waals surface area (Å²) < 4.78 is 4.93. The summed E-state index contributed by atoms with van der Waals surface area (Å²) in [6.45, 7) is 3.52. The standard InChI is InChI=1S/C11H18N2O2S/c1-9(7-15-2)13-11(14)6-12-5-10-3-4-16-8-10/h3-4,8-9,12H,5-7H2,1-2H3,(H,13,14). The molecule has 90 valence electrons. The fourth-order valence-corrected chi connectivity index (χ4v) is 2.00. The molecule has 1 aromatic heterocycles. The molecule has 1 rings (SSSR count). The lowest BCUT2D eigenvalue weighted by Gasteiger charge is -2.12. The molecule has 0 aliphatic carbocycles. The van der Waals surface area contributed by atoms with E-state index < -0.39 is 0 Å². The van der Waals surface area contributed by atoms with Crippen LogP contribution in [0.5, 0.6) is 0 Å². The van der Waals surface area contributed by atoms with Gasteiger partial charge in [0.25, 0.3) is 0 Å². The molecule has 0 saturated carbocycles. The monoisotopic (exact) mass is 242 g/mol. The Morgan fingerprint density at radius 1 is 1.62 bits per heavy atom. The molecule has 5 heteroatoms. The first-order chi connectivity index (χ1) is 7.72. The zero-order valence-corrected chi connectivity index (χ0v) is 10.5. The number of carbonyl (C=O) groups is 1. The summed E-state index contributed by atoms with van der Waals surface area (Å²) in [5, 5.41) is 10.0. The Bertz CT molecular complexity index is 301. The van der Waals surface area contributed by atoms with E-state index in [4.69, 9.17) is 4.74 Å². The molecule has 0 aliphatic rings. The second kappa shape index (κ2) is 7.38. The van der Waals surface area contributed by atoms with Gasteiger partial charge in [0.1, 0.15) is 0 Å². The van der Waals surface area contributed by atoms with Gasteiger partial charge in [-0.3, -0.25) is 4.79 Å². The van der Waals surface area contributed by atoms with Crippen molar-refractivity contribution in [2.45, 2.75) is 19.5 Å². The van der Waals surface area contributed by atoms with Crippen molar-refractivity contribution < 1.29 is 9.53 Å². The molecule has 0 bridgehead atoms. The summed E-state index contributed by atoms with van der Waals surface area (Å²) >= 11 is 1.66. The molecule has 16 heavy (non-hydrogen) atoms. The molecule has 0 aromatic carbocycles. The average Bonchev–Trinajstić information content (AvgIpc) is 2.70. The van der Waals surface area contributed by atoms with Crippen LogP contribution in [0.3, 0.4) is 0 Å². The third-order valence-electron chi connectivity index (χ3n) is 2.02. The number of nitrogens with one attached hydrogen (secondary N) is 2. The SMILES string of the molecule is COCC(C)NC(=O)CNCc1ccsc1. The lowest BCUT2D eigenvalue weighted by Crippen LogP contribution is -2.40. The highest BCUT2D eigenvalue weighted by atomic mass is 32.1. The summed E-state index contributed by atoms with van der Waals surface area (Å²) in [5.41, 5.74) is 1.21. The number of hydrogen-bond acceptors (Lipinski definition) is 4. The number of methoxy groups -OCH3 is 1. The molecule has 4 nitrogen and oxygen atoms in total. The number of thiophene rings is 1. The van der Waals surface area contributed by atoms with Crippen LogP contribution in [0.15, 0.2) is 16.8 Å². The van der Waals surface area contributed by atoms with E-state index in [0.717, 1.165) is 6.54 Å². The van der Waals surface area contributed by atoms with E-state index in [0.29, 0.717) is 13.2 Å². The average molecular weight is 242 g/mol. The number of carbonyl (C=O) groups excluding carboxylic acids is 1. The second-order valence-electron chi connectivity index (χ2n) is 3.66. The second-order valence-corrected chi connectivity index (χ2v) is 4.44. The van der Waals surface area contributed by atoms with E-state index >= 15 is 0 Å². The highest BCUT2D eigenvalue weighted by Gasteiger charge is 2.05. The number of ether oxygens (including phenoxy) is 1. The Morgan fingerprint density at radius 2 is 2.44 bits per heavy atom. The van der Waals surface area contributed by atoms with Gasteiger partial charge in [-0.1, -0.05) is 0 Å². The summed E-state index contributed by atoms with van der Waals surface area (Å²) in [6, 6.07) is 2.10. The van der Waals surface area contributed by atoms with E-state index in [-0.39, 0.29) is 11.9 Å². The van der Waals surface area contributed by atoms with Crippen LogP contribution < -0.4 is 10.6 Å². The van der Waals surface area contributed by atoms with Crippen molar-refractivity contribution in [2.24, 2.45) is 0 Å². The Balaban J connectivity index is 2.10. The summed E-state index contributed by atoms with van der Waals surface area (Å²) in [4.78, 5) is 11.4. The molecule has 1 amide bonds. The fraction of sp³-hybridized carbons (Fsp3) is 0.545. The van der Waals surface area contributed by atoms with Crippen LogP contribution in [0.25, 0.3) is 0 Å². The van der Waals surface area contributed by atoms with Gasteiger partial charge in [0.2, 0.25) is 5.91 Å². The lowest BCUT2D eigenvalue weighted by molar-refractivity contribution is -0.121. The first-order valence-corrected chi connectivity index (χ1v) is 6.16. The number of amides is 1. The summed E-state index contributed by atoms with van der Waals surface area (Å²) in [6.07, 6.45) is 0. The van der Waals surface area contributed by atoms with Crippen molar-refractivity contribution in [3.63, 3.8) is 0 Å². The van der Waals surface area contributed by atoms with Crippen molar-refractivity contribution in [2.75, 3.05) is 20.3 Å². The normalized spacial score (nSPS) is 12.4. The van der Waals surface area contributed by atoms with Crippen molar-refractivity contribution in [1.82, 2.24) is 10.6 Å². The van der Waals surface area contributed by atoms with E-state index in [1.54, 1.807) is 18.4 Å². The van der Waals surface area contributed by atoms with Crippen molar-refractivity contribution in [3.8, 4) is 0 Å². The van der Waals surface area contributed by atoms with Gasteiger partial charge in [0.15, 0.2) is 0 Å². The Labute approximate surface area is 100 Å². The van der Waals surface area contributed by atoms with E-state index in [2.05, 4.69) is 16.0 Å². The predicted molar refractivity (Wildman–Crippen MR) is 65.5 cm³/mol. The third-order valence-corrected chi connectivity index (χ3v) is 2.75. The molecule has 2 N–H and O–H groups in total. The third kappa shape index (κ3) is 5.25. The first-order valence-electron chi connectivity index (χ1n) is 5.22. The van der Waals surface area contributed by atoms with Crippen LogP contribution in [0, 0.1) is 0 Å². The largest absolute Gasteiger partial charge is 0.383 e. The van der Waals surface area contributed by atoms with Gasteiger partial charge in [0.05, 0.1) is 13.2 Å². The minimum atomic E-state index is -0.000204. The number of hydrogen-bond donors (Lipinski definition) is 2. The molecule has 0 fully saturated rings. The van der Waals surface area contributed by atoms with Crippen LogP contribution >= 0.6 is 11.3 Å².